The Balaban J connectivity index is 2.11. The fourth-order valence-electron chi connectivity index (χ4n) is 2.21. The average molecular weight is 329 g/mol. The van der Waals surface area contributed by atoms with Crippen molar-refractivity contribution >= 4 is 15.7 Å². The highest BCUT2D eigenvalue weighted by Gasteiger charge is 2.33. The zero-order valence-corrected chi connectivity index (χ0v) is 14.3. The molecule has 1 aliphatic rings. The number of hydrogen-bond donors (Lipinski definition) is 0. The number of hydrogen-bond acceptors (Lipinski definition) is 6. The summed E-state index contributed by atoms with van der Waals surface area (Å²) in [5.74, 6) is -0.365. The molecule has 0 N–H and O–H groups in total. The van der Waals surface area contributed by atoms with Crippen LogP contribution < -0.4 is 0 Å². The van der Waals surface area contributed by atoms with Gasteiger partial charge >= 0.3 is 0 Å². The SMILES string of the molecule is CC(c1nc(C(C)(C)C)no1)S(=O)(=O)CC(=O)N1CCCC1. The molecule has 1 aromatic heterocycles. The summed E-state index contributed by atoms with van der Waals surface area (Å²) >= 11 is 0. The maximum Gasteiger partial charge on any atom is 0.244 e. The molecule has 0 spiro atoms. The standard InChI is InChI=1S/C14H23N3O4S/c1-10(12-15-13(16-21-12)14(2,3)4)22(19,20)9-11(18)17-7-5-6-8-17/h10H,5-9H2,1-4H3. The molecule has 1 atom stereocenters. The van der Waals surface area contributed by atoms with Crippen LogP contribution in [0.1, 0.15) is 57.5 Å². The third-order valence-electron chi connectivity index (χ3n) is 3.78. The Hall–Kier alpha value is -1.44. The fourth-order valence-corrected chi connectivity index (χ4v) is 3.39. The lowest BCUT2D eigenvalue weighted by Crippen LogP contribution is -2.34. The summed E-state index contributed by atoms with van der Waals surface area (Å²) < 4.78 is 29.8. The number of carbonyl (C=O) groups excluding carboxylic acids is 1. The minimum atomic E-state index is -3.67. The van der Waals surface area contributed by atoms with Crippen LogP contribution in [-0.4, -0.2) is 48.2 Å². The molecule has 1 fully saturated rings. The Bertz CT molecular complexity index is 639. The predicted molar refractivity (Wildman–Crippen MR) is 81.0 cm³/mol. The Morgan fingerprint density at radius 3 is 2.41 bits per heavy atom. The van der Waals surface area contributed by atoms with Crippen LogP contribution in [0.5, 0.6) is 0 Å². The van der Waals surface area contributed by atoms with E-state index in [9.17, 15) is 13.2 Å². The van der Waals surface area contributed by atoms with Crippen LogP contribution in [0, 0.1) is 0 Å². The van der Waals surface area contributed by atoms with Crippen molar-refractivity contribution in [2.75, 3.05) is 18.8 Å². The number of nitrogens with zero attached hydrogens (tertiary/aromatic N) is 3. The summed E-state index contributed by atoms with van der Waals surface area (Å²) in [4.78, 5) is 17.8. The van der Waals surface area contributed by atoms with Gasteiger partial charge in [-0.05, 0) is 19.8 Å². The molecule has 1 saturated heterocycles. The highest BCUT2D eigenvalue weighted by Crippen LogP contribution is 2.25. The van der Waals surface area contributed by atoms with Gasteiger partial charge in [0.05, 0.1) is 0 Å². The van der Waals surface area contributed by atoms with Crippen molar-refractivity contribution in [3.8, 4) is 0 Å². The molecule has 7 nitrogen and oxygen atoms in total. The molecule has 8 heteroatoms. The predicted octanol–water partition coefficient (Wildman–Crippen LogP) is 1.47. The van der Waals surface area contributed by atoms with E-state index >= 15 is 0 Å². The molecule has 124 valence electrons. The first kappa shape index (κ1) is 16.9. The average Bonchev–Trinajstić information content (AvgIpc) is 3.08. The second-order valence-electron chi connectivity index (χ2n) is 6.74. The number of amides is 1. The molecule has 0 aliphatic carbocycles. The lowest BCUT2D eigenvalue weighted by Gasteiger charge is -2.16. The van der Waals surface area contributed by atoms with Gasteiger partial charge in [0, 0.05) is 18.5 Å². The molecule has 0 saturated carbocycles. The van der Waals surface area contributed by atoms with Crippen molar-refractivity contribution in [3.05, 3.63) is 11.7 Å². The van der Waals surface area contributed by atoms with Crippen LogP contribution in [0.2, 0.25) is 0 Å². The quantitative estimate of drug-likeness (QED) is 0.830. The van der Waals surface area contributed by atoms with Crippen LogP contribution in [0.25, 0.3) is 0 Å². The zero-order valence-electron chi connectivity index (χ0n) is 13.5. The van der Waals surface area contributed by atoms with Crippen LogP contribution >= 0.6 is 0 Å². The molecule has 1 aliphatic heterocycles. The van der Waals surface area contributed by atoms with Gasteiger partial charge in [0.2, 0.25) is 11.8 Å². The molecule has 2 rings (SSSR count). The van der Waals surface area contributed by atoms with Gasteiger partial charge in [-0.1, -0.05) is 25.9 Å². The monoisotopic (exact) mass is 329 g/mol. The lowest BCUT2D eigenvalue weighted by molar-refractivity contribution is -0.127. The van der Waals surface area contributed by atoms with Crippen LogP contribution in [0.3, 0.4) is 0 Å². The summed E-state index contributed by atoms with van der Waals surface area (Å²) in [6.07, 6.45) is 1.86. The molecule has 0 bridgehead atoms. The van der Waals surface area contributed by atoms with Gasteiger partial charge in [-0.25, -0.2) is 8.42 Å². The molecule has 2 heterocycles. The molecule has 1 aromatic rings. The van der Waals surface area contributed by atoms with Gasteiger partial charge in [0.25, 0.3) is 0 Å². The number of rotatable bonds is 4. The van der Waals surface area contributed by atoms with E-state index in [-0.39, 0.29) is 17.2 Å². The third kappa shape index (κ3) is 3.66. The maximum atomic E-state index is 12.4. The van der Waals surface area contributed by atoms with Gasteiger partial charge in [0.1, 0.15) is 11.0 Å². The largest absolute Gasteiger partial charge is 0.342 e. The van der Waals surface area contributed by atoms with E-state index < -0.39 is 20.8 Å². The van der Waals surface area contributed by atoms with Crippen molar-refractivity contribution in [3.63, 3.8) is 0 Å². The second kappa shape index (κ2) is 5.98. The Morgan fingerprint density at radius 1 is 1.32 bits per heavy atom. The summed E-state index contributed by atoms with van der Waals surface area (Å²) in [6.45, 7) is 8.49. The van der Waals surface area contributed by atoms with Crippen LogP contribution in [-0.2, 0) is 20.0 Å². The zero-order chi connectivity index (χ0) is 16.5. The first-order valence-corrected chi connectivity index (χ1v) is 9.16. The Kier molecular flexibility index (Phi) is 4.60. The van der Waals surface area contributed by atoms with Crippen molar-refractivity contribution in [1.29, 1.82) is 0 Å². The highest BCUT2D eigenvalue weighted by molar-refractivity contribution is 7.92. The van der Waals surface area contributed by atoms with E-state index in [4.69, 9.17) is 4.52 Å². The van der Waals surface area contributed by atoms with E-state index in [0.717, 1.165) is 12.8 Å². The first-order chi connectivity index (χ1) is 10.1. The minimum absolute atomic E-state index is 0.0409. The highest BCUT2D eigenvalue weighted by atomic mass is 32.2. The van der Waals surface area contributed by atoms with Gasteiger partial charge in [-0.15, -0.1) is 0 Å². The van der Waals surface area contributed by atoms with E-state index in [0.29, 0.717) is 18.9 Å². The van der Waals surface area contributed by atoms with Crippen molar-refractivity contribution in [2.24, 2.45) is 0 Å². The Morgan fingerprint density at radius 2 is 1.91 bits per heavy atom. The van der Waals surface area contributed by atoms with E-state index in [1.165, 1.54) is 6.92 Å². The smallest absolute Gasteiger partial charge is 0.244 e. The van der Waals surface area contributed by atoms with E-state index in [2.05, 4.69) is 10.1 Å². The molecule has 1 amide bonds. The molecular formula is C14H23N3O4S. The number of likely N-dealkylation sites (tertiary alicyclic amines) is 1. The van der Waals surface area contributed by atoms with Gasteiger partial charge in [0.15, 0.2) is 15.7 Å². The number of aromatic nitrogens is 2. The lowest BCUT2D eigenvalue weighted by atomic mass is 9.96. The van der Waals surface area contributed by atoms with E-state index in [1.807, 2.05) is 20.8 Å². The molecule has 1 unspecified atom stereocenters. The van der Waals surface area contributed by atoms with E-state index in [1.54, 1.807) is 4.90 Å². The van der Waals surface area contributed by atoms with Gasteiger partial charge < -0.3 is 9.42 Å². The summed E-state index contributed by atoms with van der Waals surface area (Å²) in [5, 5.41) is 2.85. The third-order valence-corrected chi connectivity index (χ3v) is 5.71. The van der Waals surface area contributed by atoms with Crippen molar-refractivity contribution < 1.29 is 17.7 Å². The normalized spacial score (nSPS) is 17.7. The Labute approximate surface area is 131 Å². The maximum absolute atomic E-state index is 12.4. The van der Waals surface area contributed by atoms with Crippen molar-refractivity contribution in [1.82, 2.24) is 15.0 Å². The summed E-state index contributed by atoms with van der Waals surface area (Å²) in [5.41, 5.74) is -0.323. The fraction of sp³-hybridized carbons (Fsp3) is 0.786. The summed E-state index contributed by atoms with van der Waals surface area (Å²) in [7, 11) is -3.67. The second-order valence-corrected chi connectivity index (χ2v) is 9.07. The number of carbonyl (C=O) groups is 1. The molecule has 22 heavy (non-hydrogen) atoms. The topological polar surface area (TPSA) is 93.4 Å². The molecule has 0 radical (unpaired) electrons. The first-order valence-electron chi connectivity index (χ1n) is 7.44. The molecule has 0 aromatic carbocycles. The minimum Gasteiger partial charge on any atom is -0.342 e. The molecular weight excluding hydrogens is 306 g/mol. The van der Waals surface area contributed by atoms with Crippen LogP contribution in [0.15, 0.2) is 4.52 Å². The summed E-state index contributed by atoms with van der Waals surface area (Å²) in [6, 6.07) is 0. The van der Waals surface area contributed by atoms with Gasteiger partial charge in [-0.3, -0.25) is 4.79 Å². The van der Waals surface area contributed by atoms with Gasteiger partial charge in [-0.2, -0.15) is 4.98 Å². The van der Waals surface area contributed by atoms with Crippen LogP contribution in [0.4, 0.5) is 0 Å². The van der Waals surface area contributed by atoms with Crippen molar-refractivity contribution in [2.45, 2.75) is 51.2 Å². The number of sulfone groups is 1.